The fourth-order valence-corrected chi connectivity index (χ4v) is 3.44. The Labute approximate surface area is 119 Å². The molecule has 20 heavy (non-hydrogen) atoms. The van der Waals surface area contributed by atoms with E-state index in [2.05, 4.69) is 5.32 Å². The fraction of sp³-hybridized carbons (Fsp3) is 0.562. The van der Waals surface area contributed by atoms with Gasteiger partial charge >= 0.3 is 0 Å². The Balaban J connectivity index is 1.74. The number of fused-ring (bicyclic) bond motifs is 2. The van der Waals surface area contributed by atoms with Gasteiger partial charge in [0.1, 0.15) is 5.82 Å². The zero-order valence-electron chi connectivity index (χ0n) is 12.0. The predicted molar refractivity (Wildman–Crippen MR) is 76.2 cm³/mol. The van der Waals surface area contributed by atoms with Gasteiger partial charge in [-0.15, -0.1) is 0 Å². The van der Waals surface area contributed by atoms with Gasteiger partial charge in [0, 0.05) is 30.7 Å². The molecule has 1 aromatic carbocycles. The molecular weight excluding hydrogens is 255 g/mol. The highest BCUT2D eigenvalue weighted by Gasteiger charge is 2.36. The Morgan fingerprint density at radius 2 is 1.95 bits per heavy atom. The Hall–Kier alpha value is -1.42. The van der Waals surface area contributed by atoms with Crippen LogP contribution in [0.5, 0.6) is 0 Å². The summed E-state index contributed by atoms with van der Waals surface area (Å²) in [5.74, 6) is -0.384. The third-order valence-corrected chi connectivity index (χ3v) is 4.74. The number of halogens is 1. The van der Waals surface area contributed by atoms with Gasteiger partial charge in [0.15, 0.2) is 0 Å². The lowest BCUT2D eigenvalue weighted by Crippen LogP contribution is -2.48. The molecule has 2 aliphatic rings. The normalized spacial score (nSPS) is 28.4. The van der Waals surface area contributed by atoms with E-state index >= 15 is 0 Å². The van der Waals surface area contributed by atoms with E-state index in [-0.39, 0.29) is 17.8 Å². The molecule has 3 rings (SSSR count). The van der Waals surface area contributed by atoms with Gasteiger partial charge in [-0.1, -0.05) is 6.07 Å². The molecule has 1 aromatic rings. The number of benzene rings is 1. The number of hydrogen-bond acceptors (Lipinski definition) is 2. The molecule has 2 saturated heterocycles. The van der Waals surface area contributed by atoms with Gasteiger partial charge in [-0.2, -0.15) is 0 Å². The second-order valence-electron chi connectivity index (χ2n) is 6.14. The van der Waals surface area contributed by atoms with Crippen LogP contribution < -0.4 is 5.32 Å². The quantitative estimate of drug-likeness (QED) is 0.900. The highest BCUT2D eigenvalue weighted by atomic mass is 19.1. The standard InChI is InChI=1S/C16H21FN2O/c1-10-3-4-11(7-15(10)17)16(20)19(2)14-8-12-5-6-13(9-14)18-12/h3-4,7,12-14,18H,5-6,8-9H2,1-2H3. The van der Waals surface area contributed by atoms with Crippen molar-refractivity contribution in [3.63, 3.8) is 0 Å². The molecule has 0 radical (unpaired) electrons. The first-order valence-electron chi connectivity index (χ1n) is 7.34. The third-order valence-electron chi connectivity index (χ3n) is 4.74. The predicted octanol–water partition coefficient (Wildman–Crippen LogP) is 2.49. The van der Waals surface area contributed by atoms with E-state index in [1.807, 2.05) is 7.05 Å². The van der Waals surface area contributed by atoms with Gasteiger partial charge in [0.25, 0.3) is 5.91 Å². The van der Waals surface area contributed by atoms with E-state index in [1.54, 1.807) is 24.0 Å². The second-order valence-corrected chi connectivity index (χ2v) is 6.14. The lowest BCUT2D eigenvalue weighted by atomic mass is 9.98. The summed E-state index contributed by atoms with van der Waals surface area (Å²) in [6, 6.07) is 6.09. The average Bonchev–Trinajstić information content (AvgIpc) is 2.79. The topological polar surface area (TPSA) is 32.3 Å². The molecule has 0 spiro atoms. The van der Waals surface area contributed by atoms with Crippen molar-refractivity contribution in [1.29, 1.82) is 0 Å². The van der Waals surface area contributed by atoms with Gasteiger partial charge < -0.3 is 10.2 Å². The second kappa shape index (κ2) is 5.17. The van der Waals surface area contributed by atoms with Crippen LogP contribution in [0.15, 0.2) is 18.2 Å². The summed E-state index contributed by atoms with van der Waals surface area (Å²) >= 11 is 0. The summed E-state index contributed by atoms with van der Waals surface area (Å²) in [6.45, 7) is 1.71. The number of piperidine rings is 1. The minimum atomic E-state index is -0.311. The summed E-state index contributed by atoms with van der Waals surface area (Å²) in [4.78, 5) is 14.3. The van der Waals surface area contributed by atoms with Crippen molar-refractivity contribution in [2.75, 3.05) is 7.05 Å². The monoisotopic (exact) mass is 276 g/mol. The van der Waals surface area contributed by atoms with Crippen molar-refractivity contribution in [3.05, 3.63) is 35.1 Å². The van der Waals surface area contributed by atoms with E-state index < -0.39 is 0 Å². The molecule has 2 heterocycles. The van der Waals surface area contributed by atoms with Crippen LogP contribution in [0.1, 0.15) is 41.6 Å². The highest BCUT2D eigenvalue weighted by molar-refractivity contribution is 5.94. The van der Waals surface area contributed by atoms with Gasteiger partial charge in [-0.05, 0) is 50.3 Å². The molecule has 3 nitrogen and oxygen atoms in total. The maximum atomic E-state index is 13.6. The molecule has 4 heteroatoms. The Morgan fingerprint density at radius 1 is 1.30 bits per heavy atom. The SMILES string of the molecule is Cc1ccc(C(=O)N(C)C2CC3CCC(C2)N3)cc1F. The molecule has 2 atom stereocenters. The van der Waals surface area contributed by atoms with Crippen LogP contribution in [0, 0.1) is 12.7 Å². The number of nitrogens with one attached hydrogen (secondary N) is 1. The van der Waals surface area contributed by atoms with Crippen LogP contribution in [-0.4, -0.2) is 36.0 Å². The van der Waals surface area contributed by atoms with Gasteiger partial charge in [0.05, 0.1) is 0 Å². The summed E-state index contributed by atoms with van der Waals surface area (Å²) in [5.41, 5.74) is 1.02. The van der Waals surface area contributed by atoms with Crippen molar-refractivity contribution in [3.8, 4) is 0 Å². The smallest absolute Gasteiger partial charge is 0.253 e. The Bertz CT molecular complexity index is 519. The first kappa shape index (κ1) is 13.6. The van der Waals surface area contributed by atoms with E-state index in [4.69, 9.17) is 0 Å². The number of hydrogen-bond donors (Lipinski definition) is 1. The van der Waals surface area contributed by atoms with Crippen molar-refractivity contribution >= 4 is 5.91 Å². The lowest BCUT2D eigenvalue weighted by Gasteiger charge is -2.35. The van der Waals surface area contributed by atoms with Crippen molar-refractivity contribution in [2.24, 2.45) is 0 Å². The van der Waals surface area contributed by atoms with Gasteiger partial charge in [-0.3, -0.25) is 4.79 Å². The van der Waals surface area contributed by atoms with E-state index in [0.29, 0.717) is 23.2 Å². The van der Waals surface area contributed by atoms with E-state index in [9.17, 15) is 9.18 Å². The van der Waals surface area contributed by atoms with Crippen LogP contribution in [-0.2, 0) is 0 Å². The maximum Gasteiger partial charge on any atom is 0.253 e. The molecule has 0 saturated carbocycles. The minimum absolute atomic E-state index is 0.0739. The van der Waals surface area contributed by atoms with Crippen molar-refractivity contribution < 1.29 is 9.18 Å². The van der Waals surface area contributed by atoms with Crippen LogP contribution >= 0.6 is 0 Å². The maximum absolute atomic E-state index is 13.6. The number of rotatable bonds is 2. The molecule has 2 unspecified atom stereocenters. The van der Waals surface area contributed by atoms with Crippen LogP contribution in [0.25, 0.3) is 0 Å². The molecule has 108 valence electrons. The van der Waals surface area contributed by atoms with E-state index in [1.165, 1.54) is 18.9 Å². The molecule has 1 amide bonds. The Morgan fingerprint density at radius 3 is 2.55 bits per heavy atom. The molecule has 2 fully saturated rings. The lowest BCUT2D eigenvalue weighted by molar-refractivity contribution is 0.0681. The summed E-state index contributed by atoms with van der Waals surface area (Å²) in [5, 5.41) is 3.57. The van der Waals surface area contributed by atoms with Crippen molar-refractivity contribution in [1.82, 2.24) is 10.2 Å². The molecule has 0 aliphatic carbocycles. The number of carbonyl (C=O) groups is 1. The minimum Gasteiger partial charge on any atom is -0.339 e. The zero-order valence-corrected chi connectivity index (χ0v) is 12.0. The molecule has 2 bridgehead atoms. The fourth-order valence-electron chi connectivity index (χ4n) is 3.44. The number of nitrogens with zero attached hydrogens (tertiary/aromatic N) is 1. The number of carbonyl (C=O) groups excluding carboxylic acids is 1. The van der Waals surface area contributed by atoms with E-state index in [0.717, 1.165) is 12.8 Å². The number of amides is 1. The van der Waals surface area contributed by atoms with Crippen LogP contribution in [0.2, 0.25) is 0 Å². The molecule has 2 aliphatic heterocycles. The Kier molecular flexibility index (Phi) is 3.50. The third kappa shape index (κ3) is 2.44. The number of aryl methyl sites for hydroxylation is 1. The highest BCUT2D eigenvalue weighted by Crippen LogP contribution is 2.29. The van der Waals surface area contributed by atoms with Crippen LogP contribution in [0.4, 0.5) is 4.39 Å². The zero-order chi connectivity index (χ0) is 14.3. The molecular formula is C16H21FN2O. The first-order chi connectivity index (χ1) is 9.54. The summed E-state index contributed by atoms with van der Waals surface area (Å²) in [6.07, 6.45) is 4.44. The first-order valence-corrected chi connectivity index (χ1v) is 7.34. The summed E-state index contributed by atoms with van der Waals surface area (Å²) < 4.78 is 13.6. The average molecular weight is 276 g/mol. The molecule has 1 N–H and O–H groups in total. The summed E-state index contributed by atoms with van der Waals surface area (Å²) in [7, 11) is 1.84. The van der Waals surface area contributed by atoms with Gasteiger partial charge in [0.2, 0.25) is 0 Å². The molecule has 0 aromatic heterocycles. The van der Waals surface area contributed by atoms with Gasteiger partial charge in [-0.25, -0.2) is 4.39 Å². The van der Waals surface area contributed by atoms with Crippen molar-refractivity contribution in [2.45, 2.75) is 50.7 Å². The van der Waals surface area contributed by atoms with Crippen LogP contribution in [0.3, 0.4) is 0 Å². The largest absolute Gasteiger partial charge is 0.339 e.